The maximum absolute atomic E-state index is 13.6. The lowest BCUT2D eigenvalue weighted by Crippen LogP contribution is -2.39. The zero-order chi connectivity index (χ0) is 23.9. The molecule has 2 heterocycles. The van der Waals surface area contributed by atoms with Crippen LogP contribution in [0.3, 0.4) is 0 Å². The number of aromatic nitrogens is 2. The Morgan fingerprint density at radius 1 is 1.06 bits per heavy atom. The van der Waals surface area contributed by atoms with E-state index in [9.17, 15) is 9.18 Å². The highest BCUT2D eigenvalue weighted by Gasteiger charge is 2.25. The van der Waals surface area contributed by atoms with Crippen LogP contribution < -0.4 is 10.1 Å². The summed E-state index contributed by atoms with van der Waals surface area (Å²) in [6, 6.07) is 18.8. The van der Waals surface area contributed by atoms with Crippen LogP contribution in [0.2, 0.25) is 0 Å². The van der Waals surface area contributed by atoms with Gasteiger partial charge in [-0.3, -0.25) is 0 Å². The van der Waals surface area contributed by atoms with Crippen LogP contribution in [-0.4, -0.2) is 27.3 Å². The van der Waals surface area contributed by atoms with Crippen molar-refractivity contribution in [2.75, 3.05) is 6.54 Å². The van der Waals surface area contributed by atoms with E-state index in [-0.39, 0.29) is 24.9 Å². The number of carbonyl (C=O) groups excluding carboxylic acids is 1. The number of aryl methyl sites for hydroxylation is 1. The van der Waals surface area contributed by atoms with E-state index >= 15 is 0 Å². The van der Waals surface area contributed by atoms with E-state index in [1.807, 2.05) is 50.2 Å². The Kier molecular flexibility index (Phi) is 7.27. The first-order chi connectivity index (χ1) is 16.6. The second kappa shape index (κ2) is 10.7. The Balaban J connectivity index is 1.78. The van der Waals surface area contributed by atoms with E-state index in [0.717, 1.165) is 11.3 Å². The highest BCUT2D eigenvalue weighted by molar-refractivity contribution is 5.74. The Bertz CT molecular complexity index is 1210. The lowest BCUT2D eigenvalue weighted by atomic mass is 10.2. The summed E-state index contributed by atoms with van der Waals surface area (Å²) in [6.07, 6.45) is 2.21. The van der Waals surface area contributed by atoms with Gasteiger partial charge in [-0.25, -0.2) is 13.9 Å². The van der Waals surface area contributed by atoms with Crippen molar-refractivity contribution < 1.29 is 18.3 Å². The van der Waals surface area contributed by atoms with Crippen molar-refractivity contribution >= 4 is 6.03 Å². The van der Waals surface area contributed by atoms with Gasteiger partial charge in [0.05, 0.1) is 36.3 Å². The van der Waals surface area contributed by atoms with Gasteiger partial charge in [0.1, 0.15) is 17.3 Å². The van der Waals surface area contributed by atoms with Gasteiger partial charge in [-0.15, -0.1) is 0 Å². The van der Waals surface area contributed by atoms with Gasteiger partial charge in [0.2, 0.25) is 5.88 Å². The van der Waals surface area contributed by atoms with Gasteiger partial charge < -0.3 is 19.4 Å². The summed E-state index contributed by atoms with van der Waals surface area (Å²) in [5.41, 5.74) is 2.21. The van der Waals surface area contributed by atoms with E-state index in [1.165, 1.54) is 12.1 Å². The number of nitrogens with one attached hydrogen (secondary N) is 1. The fourth-order valence-corrected chi connectivity index (χ4v) is 3.63. The normalized spacial score (nSPS) is 10.8. The first-order valence-corrected chi connectivity index (χ1v) is 11.2. The molecule has 0 saturated carbocycles. The van der Waals surface area contributed by atoms with Crippen molar-refractivity contribution in [2.45, 2.75) is 33.4 Å². The summed E-state index contributed by atoms with van der Waals surface area (Å²) in [5, 5.41) is 7.63. The van der Waals surface area contributed by atoms with Gasteiger partial charge in [-0.2, -0.15) is 5.10 Å². The van der Waals surface area contributed by atoms with Crippen LogP contribution in [0.25, 0.3) is 5.69 Å². The second-order valence-corrected chi connectivity index (χ2v) is 7.66. The van der Waals surface area contributed by atoms with Gasteiger partial charge in [0, 0.05) is 6.54 Å². The summed E-state index contributed by atoms with van der Waals surface area (Å²) in [7, 11) is 0. The summed E-state index contributed by atoms with van der Waals surface area (Å²) >= 11 is 0. The average Bonchev–Trinajstić information content (AvgIpc) is 3.48. The zero-order valence-corrected chi connectivity index (χ0v) is 19.2. The monoisotopic (exact) mass is 462 g/mol. The fourth-order valence-electron chi connectivity index (χ4n) is 3.63. The van der Waals surface area contributed by atoms with Crippen LogP contribution in [-0.2, 0) is 19.5 Å². The Hall–Kier alpha value is -4.07. The van der Waals surface area contributed by atoms with Gasteiger partial charge in [0.25, 0.3) is 0 Å². The third-order valence-electron chi connectivity index (χ3n) is 5.27. The van der Waals surface area contributed by atoms with E-state index < -0.39 is 0 Å². The van der Waals surface area contributed by atoms with E-state index in [1.54, 1.807) is 34.0 Å². The standard InChI is InChI=1S/C26H27FN4O3/c1-3-24-23(18-30(26(32)28-4-2)17-22-11-8-16-33-22)25(34-21-9-6-5-7-10-21)31(29-24)20-14-12-19(27)13-15-20/h5-16H,3-4,17-18H2,1-2H3,(H,28,32). The zero-order valence-electron chi connectivity index (χ0n) is 19.2. The number of hydrogen-bond acceptors (Lipinski definition) is 4. The molecule has 8 heteroatoms. The first-order valence-electron chi connectivity index (χ1n) is 11.2. The van der Waals surface area contributed by atoms with Gasteiger partial charge >= 0.3 is 6.03 Å². The number of rotatable bonds is 9. The largest absolute Gasteiger partial charge is 0.467 e. The number of amides is 2. The minimum Gasteiger partial charge on any atom is -0.467 e. The lowest BCUT2D eigenvalue weighted by Gasteiger charge is -2.22. The molecule has 0 aliphatic carbocycles. The summed E-state index contributed by atoms with van der Waals surface area (Å²) in [6.45, 7) is 4.90. The van der Waals surface area contributed by atoms with Crippen LogP contribution in [0.5, 0.6) is 11.6 Å². The fraction of sp³-hybridized carbons (Fsp3) is 0.231. The van der Waals surface area contributed by atoms with Crippen molar-refractivity contribution in [3.05, 3.63) is 95.8 Å². The van der Waals surface area contributed by atoms with Gasteiger partial charge in [-0.1, -0.05) is 25.1 Å². The van der Waals surface area contributed by atoms with Crippen molar-refractivity contribution in [2.24, 2.45) is 0 Å². The predicted molar refractivity (Wildman–Crippen MR) is 126 cm³/mol. The quantitative estimate of drug-likeness (QED) is 0.347. The van der Waals surface area contributed by atoms with Crippen molar-refractivity contribution in [3.63, 3.8) is 0 Å². The Morgan fingerprint density at radius 3 is 2.47 bits per heavy atom. The molecule has 1 N–H and O–H groups in total. The van der Waals surface area contributed by atoms with Crippen LogP contribution in [0, 0.1) is 5.82 Å². The molecule has 0 spiro atoms. The number of nitrogens with zero attached hydrogens (tertiary/aromatic N) is 3. The van der Waals surface area contributed by atoms with Crippen molar-refractivity contribution in [1.82, 2.24) is 20.0 Å². The number of carbonyl (C=O) groups is 1. The third-order valence-corrected chi connectivity index (χ3v) is 5.27. The summed E-state index contributed by atoms with van der Waals surface area (Å²) < 4.78 is 27.0. The molecule has 34 heavy (non-hydrogen) atoms. The predicted octanol–water partition coefficient (Wildman–Crippen LogP) is 5.69. The molecule has 0 atom stereocenters. The number of benzene rings is 2. The number of urea groups is 1. The Morgan fingerprint density at radius 2 is 1.82 bits per heavy atom. The number of ether oxygens (including phenoxy) is 1. The molecule has 0 aliphatic heterocycles. The molecule has 4 aromatic rings. The van der Waals surface area contributed by atoms with E-state index in [4.69, 9.17) is 14.3 Å². The van der Waals surface area contributed by atoms with Crippen LogP contribution in [0.1, 0.15) is 30.9 Å². The minimum absolute atomic E-state index is 0.221. The maximum atomic E-state index is 13.6. The molecule has 0 saturated heterocycles. The molecule has 0 radical (unpaired) electrons. The van der Waals surface area contributed by atoms with E-state index in [0.29, 0.717) is 36.0 Å². The molecule has 176 valence electrons. The molecule has 0 unspecified atom stereocenters. The molecular weight excluding hydrogens is 435 g/mol. The lowest BCUT2D eigenvalue weighted by molar-refractivity contribution is 0.187. The van der Waals surface area contributed by atoms with Crippen LogP contribution in [0.15, 0.2) is 77.4 Å². The molecule has 2 amide bonds. The highest BCUT2D eigenvalue weighted by atomic mass is 19.1. The van der Waals surface area contributed by atoms with E-state index in [2.05, 4.69) is 5.32 Å². The molecule has 7 nitrogen and oxygen atoms in total. The number of furan rings is 1. The Labute approximate surface area is 197 Å². The molecular formula is C26H27FN4O3. The second-order valence-electron chi connectivity index (χ2n) is 7.66. The summed E-state index contributed by atoms with van der Waals surface area (Å²) in [5.74, 6) is 1.44. The SMILES string of the molecule is CCNC(=O)N(Cc1ccco1)Cc1c(CC)nn(-c2ccc(F)cc2)c1Oc1ccccc1. The highest BCUT2D eigenvalue weighted by Crippen LogP contribution is 2.32. The smallest absolute Gasteiger partial charge is 0.318 e. The summed E-state index contributed by atoms with van der Waals surface area (Å²) in [4.78, 5) is 14.6. The first kappa shape index (κ1) is 23.1. The van der Waals surface area contributed by atoms with Crippen molar-refractivity contribution in [3.8, 4) is 17.3 Å². The van der Waals surface area contributed by atoms with Crippen LogP contribution in [0.4, 0.5) is 9.18 Å². The molecule has 2 aromatic heterocycles. The van der Waals surface area contributed by atoms with Gasteiger partial charge in [0.15, 0.2) is 0 Å². The molecule has 2 aromatic carbocycles. The molecule has 4 rings (SSSR count). The van der Waals surface area contributed by atoms with Crippen LogP contribution >= 0.6 is 0 Å². The topological polar surface area (TPSA) is 72.5 Å². The third kappa shape index (κ3) is 5.28. The molecule has 0 fully saturated rings. The number of hydrogen-bond donors (Lipinski definition) is 1. The molecule has 0 aliphatic rings. The van der Waals surface area contributed by atoms with Crippen molar-refractivity contribution in [1.29, 1.82) is 0 Å². The average molecular weight is 463 g/mol. The maximum Gasteiger partial charge on any atom is 0.318 e. The minimum atomic E-state index is -0.335. The number of halogens is 1. The molecule has 0 bridgehead atoms. The van der Waals surface area contributed by atoms with Gasteiger partial charge in [-0.05, 0) is 61.9 Å². The number of para-hydroxylation sites is 1.